The minimum Gasteiger partial charge on any atom is -0.356 e. The highest BCUT2D eigenvalue weighted by molar-refractivity contribution is 5.80. The van der Waals surface area contributed by atoms with Crippen LogP contribution in [0.4, 0.5) is 0 Å². The van der Waals surface area contributed by atoms with Gasteiger partial charge in [-0.1, -0.05) is 26.8 Å². The van der Waals surface area contributed by atoms with Crippen molar-refractivity contribution in [2.24, 2.45) is 11.8 Å². The normalized spacial score (nSPS) is 12.7. The van der Waals surface area contributed by atoms with Crippen molar-refractivity contribution in [1.29, 1.82) is 0 Å². The lowest BCUT2D eigenvalue weighted by molar-refractivity contribution is -0.124. The van der Waals surface area contributed by atoms with Crippen molar-refractivity contribution >= 4 is 5.91 Å². The van der Waals surface area contributed by atoms with Crippen LogP contribution in [0, 0.1) is 11.8 Å². The lowest BCUT2D eigenvalue weighted by atomic mass is 9.95. The average Bonchev–Trinajstić information content (AvgIpc) is 2.01. The Hall–Kier alpha value is -0.790. The number of hydrogen-bond donors (Lipinski definition) is 1. The highest BCUT2D eigenvalue weighted by atomic mass is 16.1. The largest absolute Gasteiger partial charge is 0.356 e. The monoisotopic (exact) mass is 169 g/mol. The van der Waals surface area contributed by atoms with Gasteiger partial charge in [0.25, 0.3) is 0 Å². The summed E-state index contributed by atoms with van der Waals surface area (Å²) in [5, 5.41) is 2.85. The average molecular weight is 169 g/mol. The van der Waals surface area contributed by atoms with Crippen LogP contribution in [0.15, 0.2) is 12.7 Å². The molecule has 12 heavy (non-hydrogen) atoms. The van der Waals surface area contributed by atoms with E-state index in [0.717, 1.165) is 13.0 Å². The van der Waals surface area contributed by atoms with Gasteiger partial charge in [-0.15, -0.1) is 6.58 Å². The van der Waals surface area contributed by atoms with Crippen LogP contribution in [0.2, 0.25) is 0 Å². The Morgan fingerprint density at radius 3 is 2.50 bits per heavy atom. The number of carbonyl (C=O) groups is 1. The van der Waals surface area contributed by atoms with Crippen LogP contribution >= 0.6 is 0 Å². The molecule has 0 spiro atoms. The molecule has 0 radical (unpaired) electrons. The molecule has 0 heterocycles. The minimum atomic E-state index is -0.0449. The molecule has 1 unspecified atom stereocenters. The molecule has 0 bridgehead atoms. The van der Waals surface area contributed by atoms with Crippen molar-refractivity contribution in [3.63, 3.8) is 0 Å². The van der Waals surface area contributed by atoms with E-state index in [1.165, 1.54) is 0 Å². The number of carbonyl (C=O) groups excluding carboxylic acids is 1. The first-order valence-electron chi connectivity index (χ1n) is 4.53. The van der Waals surface area contributed by atoms with Crippen molar-refractivity contribution in [3.05, 3.63) is 12.7 Å². The molecular weight excluding hydrogens is 150 g/mol. The third-order valence-corrected chi connectivity index (χ3v) is 1.82. The second kappa shape index (κ2) is 5.81. The maximum absolute atomic E-state index is 11.4. The predicted molar refractivity (Wildman–Crippen MR) is 51.8 cm³/mol. The van der Waals surface area contributed by atoms with E-state index in [1.807, 2.05) is 20.8 Å². The second-order valence-electron chi connectivity index (χ2n) is 3.30. The van der Waals surface area contributed by atoms with Gasteiger partial charge in [-0.3, -0.25) is 4.79 Å². The number of hydrogen-bond acceptors (Lipinski definition) is 1. The number of rotatable bonds is 5. The molecule has 0 aromatic carbocycles. The topological polar surface area (TPSA) is 29.1 Å². The van der Waals surface area contributed by atoms with E-state index >= 15 is 0 Å². The molecule has 0 aliphatic heterocycles. The van der Waals surface area contributed by atoms with E-state index in [9.17, 15) is 4.79 Å². The molecule has 0 rings (SSSR count). The third-order valence-electron chi connectivity index (χ3n) is 1.82. The highest BCUT2D eigenvalue weighted by Crippen LogP contribution is 2.11. The van der Waals surface area contributed by atoms with Gasteiger partial charge in [0.2, 0.25) is 5.91 Å². The molecule has 1 amide bonds. The van der Waals surface area contributed by atoms with E-state index in [-0.39, 0.29) is 11.8 Å². The lowest BCUT2D eigenvalue weighted by Crippen LogP contribution is -2.32. The van der Waals surface area contributed by atoms with E-state index in [1.54, 1.807) is 6.08 Å². The van der Waals surface area contributed by atoms with Gasteiger partial charge >= 0.3 is 0 Å². The summed E-state index contributed by atoms with van der Waals surface area (Å²) in [6.07, 6.45) is 2.70. The molecule has 70 valence electrons. The molecule has 0 saturated carbocycles. The maximum atomic E-state index is 11.4. The fourth-order valence-electron chi connectivity index (χ4n) is 1.05. The van der Waals surface area contributed by atoms with E-state index in [2.05, 4.69) is 11.9 Å². The molecule has 0 aliphatic rings. The predicted octanol–water partition coefficient (Wildman–Crippen LogP) is 1.97. The van der Waals surface area contributed by atoms with Crippen molar-refractivity contribution in [1.82, 2.24) is 5.32 Å². The summed E-state index contributed by atoms with van der Waals surface area (Å²) in [4.78, 5) is 11.4. The van der Waals surface area contributed by atoms with Crippen molar-refractivity contribution in [3.8, 4) is 0 Å². The van der Waals surface area contributed by atoms with Crippen LogP contribution in [-0.2, 0) is 4.79 Å². The molecule has 0 aromatic heterocycles. The van der Waals surface area contributed by atoms with Crippen LogP contribution in [0.1, 0.15) is 27.2 Å². The molecule has 2 nitrogen and oxygen atoms in total. The van der Waals surface area contributed by atoms with Gasteiger partial charge < -0.3 is 5.32 Å². The fourth-order valence-corrected chi connectivity index (χ4v) is 1.05. The van der Waals surface area contributed by atoms with Crippen LogP contribution in [0.3, 0.4) is 0 Å². The van der Waals surface area contributed by atoms with E-state index in [0.29, 0.717) is 5.92 Å². The Kier molecular flexibility index (Phi) is 5.43. The third kappa shape index (κ3) is 3.56. The Labute approximate surface area is 75.0 Å². The van der Waals surface area contributed by atoms with E-state index in [4.69, 9.17) is 0 Å². The zero-order chi connectivity index (χ0) is 9.56. The summed E-state index contributed by atoms with van der Waals surface area (Å²) in [6, 6.07) is 0. The summed E-state index contributed by atoms with van der Waals surface area (Å²) in [6.45, 7) is 10.5. The van der Waals surface area contributed by atoms with Gasteiger partial charge in [0.1, 0.15) is 0 Å². The Bertz CT molecular complexity index is 152. The summed E-state index contributed by atoms with van der Waals surface area (Å²) in [5.41, 5.74) is 0. The highest BCUT2D eigenvalue weighted by Gasteiger charge is 2.17. The van der Waals surface area contributed by atoms with Gasteiger partial charge in [0.05, 0.1) is 5.92 Å². The Balaban J connectivity index is 3.94. The molecule has 0 aliphatic carbocycles. The first kappa shape index (κ1) is 11.2. The maximum Gasteiger partial charge on any atom is 0.227 e. The molecule has 0 fully saturated rings. The standard InChI is InChI=1S/C10H19NO/c1-5-7-11-10(12)9(6-2)8(3)4/h6,8-9H,2,5,7H2,1,3-4H3,(H,11,12). The molecule has 0 aromatic rings. The van der Waals surface area contributed by atoms with Gasteiger partial charge in [-0.25, -0.2) is 0 Å². The molecule has 0 saturated heterocycles. The molecule has 2 heteroatoms. The summed E-state index contributed by atoms with van der Waals surface area (Å²) in [7, 11) is 0. The number of amides is 1. The van der Waals surface area contributed by atoms with Crippen LogP contribution < -0.4 is 5.32 Å². The van der Waals surface area contributed by atoms with Crippen LogP contribution in [0.5, 0.6) is 0 Å². The van der Waals surface area contributed by atoms with Gasteiger partial charge in [-0.2, -0.15) is 0 Å². The van der Waals surface area contributed by atoms with Crippen LogP contribution in [0.25, 0.3) is 0 Å². The summed E-state index contributed by atoms with van der Waals surface area (Å²) in [5.74, 6) is 0.387. The molecular formula is C10H19NO. The molecule has 1 atom stereocenters. The SMILES string of the molecule is C=CC(C(=O)NCCC)C(C)C. The van der Waals surface area contributed by atoms with Crippen LogP contribution in [-0.4, -0.2) is 12.5 Å². The zero-order valence-corrected chi connectivity index (χ0v) is 8.26. The first-order chi connectivity index (χ1) is 5.63. The van der Waals surface area contributed by atoms with E-state index < -0.39 is 0 Å². The van der Waals surface area contributed by atoms with Gasteiger partial charge in [-0.05, 0) is 12.3 Å². The smallest absolute Gasteiger partial charge is 0.227 e. The van der Waals surface area contributed by atoms with Crippen molar-refractivity contribution < 1.29 is 4.79 Å². The van der Waals surface area contributed by atoms with Crippen molar-refractivity contribution in [2.45, 2.75) is 27.2 Å². The van der Waals surface area contributed by atoms with Gasteiger partial charge in [0, 0.05) is 6.54 Å². The van der Waals surface area contributed by atoms with Crippen molar-refractivity contribution in [2.75, 3.05) is 6.54 Å². The Morgan fingerprint density at radius 1 is 1.58 bits per heavy atom. The molecule has 1 N–H and O–H groups in total. The summed E-state index contributed by atoms with van der Waals surface area (Å²) < 4.78 is 0. The number of nitrogens with one attached hydrogen (secondary N) is 1. The second-order valence-corrected chi connectivity index (χ2v) is 3.30. The van der Waals surface area contributed by atoms with Gasteiger partial charge in [0.15, 0.2) is 0 Å². The quantitative estimate of drug-likeness (QED) is 0.626. The summed E-state index contributed by atoms with van der Waals surface area (Å²) >= 11 is 0. The zero-order valence-electron chi connectivity index (χ0n) is 8.26. The lowest BCUT2D eigenvalue weighted by Gasteiger charge is -2.15. The first-order valence-corrected chi connectivity index (χ1v) is 4.53. The Morgan fingerprint density at radius 2 is 2.17 bits per heavy atom. The minimum absolute atomic E-state index is 0.0449. The fraction of sp³-hybridized carbons (Fsp3) is 0.700.